The lowest BCUT2D eigenvalue weighted by Crippen LogP contribution is -2.41. The topological polar surface area (TPSA) is 108 Å². The minimum atomic E-state index is -3.99. The summed E-state index contributed by atoms with van der Waals surface area (Å²) in [5.41, 5.74) is 1.95. The van der Waals surface area contributed by atoms with E-state index in [9.17, 15) is 18.0 Å². The zero-order valence-electron chi connectivity index (χ0n) is 20.5. The monoisotopic (exact) mass is 500 g/mol. The average molecular weight is 501 g/mol. The summed E-state index contributed by atoms with van der Waals surface area (Å²) in [5, 5.41) is 5.66. The number of nitrogens with zero attached hydrogens (tertiary/aromatic N) is 1. The molecular weight excluding hydrogens is 464 g/mol. The fraction of sp³-hybridized carbons (Fsp3) is 0.462. The molecule has 0 aliphatic carbocycles. The van der Waals surface area contributed by atoms with Crippen molar-refractivity contribution in [3.8, 4) is 0 Å². The molecule has 0 saturated heterocycles. The molecule has 1 atom stereocenters. The number of carbonyl (C=O) groups is 2. The predicted octanol–water partition coefficient (Wildman–Crippen LogP) is 3.22. The van der Waals surface area contributed by atoms with Crippen molar-refractivity contribution in [3.05, 3.63) is 59.7 Å². The Hall–Kier alpha value is -2.75. The molecule has 0 spiro atoms. The van der Waals surface area contributed by atoms with E-state index >= 15 is 0 Å². The number of benzene rings is 2. The minimum Gasteiger partial charge on any atom is -0.354 e. The number of hydrogen-bond acceptors (Lipinski definition) is 5. The van der Waals surface area contributed by atoms with E-state index in [0.29, 0.717) is 30.6 Å². The summed E-state index contributed by atoms with van der Waals surface area (Å²) in [7, 11) is -3.99. The van der Waals surface area contributed by atoms with Gasteiger partial charge < -0.3 is 15.5 Å². The van der Waals surface area contributed by atoms with E-state index in [1.165, 1.54) is 6.07 Å². The lowest BCUT2D eigenvalue weighted by molar-refractivity contribution is -0.123. The van der Waals surface area contributed by atoms with Crippen LogP contribution >= 0.6 is 0 Å². The smallest absolute Gasteiger partial charge is 0.242 e. The second kappa shape index (κ2) is 12.8. The summed E-state index contributed by atoms with van der Waals surface area (Å²) in [6, 6.07) is 12.4. The molecule has 9 heteroatoms. The van der Waals surface area contributed by atoms with Crippen molar-refractivity contribution < 1.29 is 18.0 Å². The standard InChI is InChI=1S/C26H36N4O4S/c1-3-16-30(17-4-2)18-8-15-27-26(32)25(20-9-6-5-7-10-20)29-35(33,34)22-12-13-23-21(19-22)11-14-24(31)28-23/h5-7,9-10,12-13,19,25,29H,3-4,8,11,14-18H2,1-2H3,(H,27,32)(H,28,31)/t25-/m0/s1. The Morgan fingerprint density at radius 3 is 2.43 bits per heavy atom. The number of rotatable bonds is 13. The Kier molecular flexibility index (Phi) is 9.83. The average Bonchev–Trinajstić information content (AvgIpc) is 2.85. The number of fused-ring (bicyclic) bond motifs is 1. The summed E-state index contributed by atoms with van der Waals surface area (Å²) in [6.45, 7) is 7.71. The van der Waals surface area contributed by atoms with Gasteiger partial charge in [0.25, 0.3) is 0 Å². The Balaban J connectivity index is 1.70. The number of amides is 2. The summed E-state index contributed by atoms with van der Waals surface area (Å²) in [5.74, 6) is -0.470. The maximum Gasteiger partial charge on any atom is 0.242 e. The third-order valence-electron chi connectivity index (χ3n) is 5.98. The Bertz CT molecular complexity index is 1100. The fourth-order valence-corrected chi connectivity index (χ4v) is 5.49. The molecule has 2 aromatic carbocycles. The van der Waals surface area contributed by atoms with Gasteiger partial charge in [0.05, 0.1) is 4.90 Å². The first-order chi connectivity index (χ1) is 16.8. The molecule has 1 aliphatic heterocycles. The first kappa shape index (κ1) is 26.8. The number of sulfonamides is 1. The van der Waals surface area contributed by atoms with Gasteiger partial charge in [-0.25, -0.2) is 8.42 Å². The Morgan fingerprint density at radius 1 is 1.03 bits per heavy atom. The third kappa shape index (κ3) is 7.62. The maximum atomic E-state index is 13.2. The van der Waals surface area contributed by atoms with Crippen molar-refractivity contribution in [2.45, 2.75) is 56.9 Å². The van der Waals surface area contributed by atoms with Crippen molar-refractivity contribution in [3.63, 3.8) is 0 Å². The molecule has 35 heavy (non-hydrogen) atoms. The molecule has 0 saturated carbocycles. The highest BCUT2D eigenvalue weighted by Crippen LogP contribution is 2.26. The number of anilines is 1. The van der Waals surface area contributed by atoms with Crippen molar-refractivity contribution >= 4 is 27.5 Å². The van der Waals surface area contributed by atoms with Gasteiger partial charge in [-0.2, -0.15) is 4.72 Å². The van der Waals surface area contributed by atoms with Gasteiger partial charge in [0.15, 0.2) is 0 Å². The van der Waals surface area contributed by atoms with E-state index in [2.05, 4.69) is 34.1 Å². The minimum absolute atomic E-state index is 0.0657. The molecule has 0 radical (unpaired) electrons. The molecule has 0 unspecified atom stereocenters. The van der Waals surface area contributed by atoms with Gasteiger partial charge in [0.2, 0.25) is 21.8 Å². The first-order valence-corrected chi connectivity index (χ1v) is 13.8. The molecule has 190 valence electrons. The molecule has 2 amide bonds. The van der Waals surface area contributed by atoms with Gasteiger partial charge in [-0.3, -0.25) is 9.59 Å². The Labute approximate surface area is 208 Å². The fourth-order valence-electron chi connectivity index (χ4n) is 4.25. The van der Waals surface area contributed by atoms with Gasteiger partial charge in [0, 0.05) is 18.7 Å². The van der Waals surface area contributed by atoms with Crippen LogP contribution in [0.5, 0.6) is 0 Å². The highest BCUT2D eigenvalue weighted by Gasteiger charge is 2.28. The predicted molar refractivity (Wildman–Crippen MR) is 138 cm³/mol. The van der Waals surface area contributed by atoms with Gasteiger partial charge in [0.1, 0.15) is 6.04 Å². The van der Waals surface area contributed by atoms with Crippen LogP contribution in [-0.2, 0) is 26.0 Å². The van der Waals surface area contributed by atoms with E-state index in [-0.39, 0.29) is 16.7 Å². The van der Waals surface area contributed by atoms with Crippen LogP contribution < -0.4 is 15.4 Å². The van der Waals surface area contributed by atoms with Crippen molar-refractivity contribution in [2.24, 2.45) is 0 Å². The van der Waals surface area contributed by atoms with Crippen LogP contribution in [0.15, 0.2) is 53.4 Å². The van der Waals surface area contributed by atoms with Crippen molar-refractivity contribution in [1.29, 1.82) is 0 Å². The maximum absolute atomic E-state index is 13.2. The van der Waals surface area contributed by atoms with Crippen LogP contribution in [0.2, 0.25) is 0 Å². The summed E-state index contributed by atoms with van der Waals surface area (Å²) >= 11 is 0. The van der Waals surface area contributed by atoms with Gasteiger partial charge in [-0.15, -0.1) is 0 Å². The van der Waals surface area contributed by atoms with E-state index in [1.54, 1.807) is 36.4 Å². The molecule has 8 nitrogen and oxygen atoms in total. The molecule has 1 heterocycles. The molecule has 0 aromatic heterocycles. The SMILES string of the molecule is CCCN(CCC)CCCNC(=O)[C@@H](NS(=O)(=O)c1ccc2c(c1)CCC(=O)N2)c1ccccc1. The summed E-state index contributed by atoms with van der Waals surface area (Å²) < 4.78 is 29.1. The number of aryl methyl sites for hydroxylation is 1. The lowest BCUT2D eigenvalue weighted by atomic mass is 10.0. The second-order valence-electron chi connectivity index (χ2n) is 8.82. The molecule has 2 aromatic rings. The van der Waals surface area contributed by atoms with E-state index in [1.807, 2.05) is 6.07 Å². The Morgan fingerprint density at radius 2 is 1.74 bits per heavy atom. The van der Waals surface area contributed by atoms with E-state index in [0.717, 1.165) is 44.5 Å². The van der Waals surface area contributed by atoms with Crippen LogP contribution in [-0.4, -0.2) is 51.3 Å². The van der Waals surface area contributed by atoms with Crippen molar-refractivity contribution in [1.82, 2.24) is 14.9 Å². The molecule has 3 N–H and O–H groups in total. The molecule has 1 aliphatic rings. The third-order valence-corrected chi connectivity index (χ3v) is 7.40. The summed E-state index contributed by atoms with van der Waals surface area (Å²) in [6.07, 6.45) is 3.74. The van der Waals surface area contributed by atoms with Crippen LogP contribution in [0.4, 0.5) is 5.69 Å². The van der Waals surface area contributed by atoms with Crippen molar-refractivity contribution in [2.75, 3.05) is 31.5 Å². The first-order valence-electron chi connectivity index (χ1n) is 12.3. The molecule has 0 fully saturated rings. The number of hydrogen-bond donors (Lipinski definition) is 3. The molecular formula is C26H36N4O4S. The van der Waals surface area contributed by atoms with Gasteiger partial charge >= 0.3 is 0 Å². The number of nitrogens with one attached hydrogen (secondary N) is 3. The molecule has 3 rings (SSSR count). The van der Waals surface area contributed by atoms with Crippen LogP contribution in [0, 0.1) is 0 Å². The second-order valence-corrected chi connectivity index (χ2v) is 10.5. The lowest BCUT2D eigenvalue weighted by Gasteiger charge is -2.22. The zero-order valence-corrected chi connectivity index (χ0v) is 21.4. The van der Waals surface area contributed by atoms with Crippen LogP contribution in [0.25, 0.3) is 0 Å². The quantitative estimate of drug-likeness (QED) is 0.366. The van der Waals surface area contributed by atoms with Crippen LogP contribution in [0.3, 0.4) is 0 Å². The highest BCUT2D eigenvalue weighted by atomic mass is 32.2. The van der Waals surface area contributed by atoms with Gasteiger partial charge in [-0.05, 0) is 74.6 Å². The number of carbonyl (C=O) groups excluding carboxylic acids is 2. The van der Waals surface area contributed by atoms with E-state index < -0.39 is 16.1 Å². The van der Waals surface area contributed by atoms with Gasteiger partial charge in [-0.1, -0.05) is 44.2 Å². The zero-order chi connectivity index (χ0) is 25.3. The highest BCUT2D eigenvalue weighted by molar-refractivity contribution is 7.89. The van der Waals surface area contributed by atoms with E-state index in [4.69, 9.17) is 0 Å². The normalized spacial score (nSPS) is 14.3. The van der Waals surface area contributed by atoms with Crippen LogP contribution in [0.1, 0.15) is 56.7 Å². The summed E-state index contributed by atoms with van der Waals surface area (Å²) in [4.78, 5) is 27.2. The molecule has 0 bridgehead atoms. The largest absolute Gasteiger partial charge is 0.354 e.